The third-order valence-corrected chi connectivity index (χ3v) is 2.54. The molecule has 1 aromatic heterocycles. The first-order valence-electron chi connectivity index (χ1n) is 3.70. The predicted molar refractivity (Wildman–Crippen MR) is 48.0 cm³/mol. The van der Waals surface area contributed by atoms with Crippen LogP contribution in [0.25, 0.3) is 0 Å². The van der Waals surface area contributed by atoms with E-state index in [2.05, 4.69) is 6.07 Å². The van der Waals surface area contributed by atoms with Crippen molar-refractivity contribution in [3.8, 4) is 6.07 Å². The minimum Gasteiger partial charge on any atom is -0.300 e. The van der Waals surface area contributed by atoms with Gasteiger partial charge in [-0.25, -0.2) is 0 Å². The zero-order valence-corrected chi connectivity index (χ0v) is 7.65. The van der Waals surface area contributed by atoms with Crippen LogP contribution in [0.4, 0.5) is 0 Å². The van der Waals surface area contributed by atoms with Crippen molar-refractivity contribution < 1.29 is 4.79 Å². The van der Waals surface area contributed by atoms with Crippen molar-refractivity contribution in [3.63, 3.8) is 0 Å². The zero-order valence-electron chi connectivity index (χ0n) is 6.83. The largest absolute Gasteiger partial charge is 0.300 e. The molecule has 0 saturated carbocycles. The van der Waals surface area contributed by atoms with Gasteiger partial charge in [-0.15, -0.1) is 11.3 Å². The van der Waals surface area contributed by atoms with Crippen LogP contribution in [-0.4, -0.2) is 5.78 Å². The smallest absolute Gasteiger partial charge is 0.130 e. The normalized spacial score (nSPS) is 9.33. The Morgan fingerprint density at radius 1 is 1.67 bits per heavy atom. The maximum Gasteiger partial charge on any atom is 0.130 e. The van der Waals surface area contributed by atoms with Crippen LogP contribution in [0.5, 0.6) is 0 Å². The minimum atomic E-state index is 0.196. The van der Waals surface area contributed by atoms with Crippen LogP contribution in [0.15, 0.2) is 12.1 Å². The highest BCUT2D eigenvalue weighted by Crippen LogP contribution is 2.16. The molecule has 62 valence electrons. The van der Waals surface area contributed by atoms with E-state index in [-0.39, 0.29) is 5.78 Å². The van der Waals surface area contributed by atoms with Crippen LogP contribution in [0.3, 0.4) is 0 Å². The lowest BCUT2D eigenvalue weighted by atomic mass is 10.2. The van der Waals surface area contributed by atoms with Gasteiger partial charge in [0, 0.05) is 11.3 Å². The average Bonchev–Trinajstić information content (AvgIpc) is 2.48. The molecule has 0 atom stereocenters. The first kappa shape index (κ1) is 8.95. The monoisotopic (exact) mass is 179 g/mol. The van der Waals surface area contributed by atoms with E-state index in [0.29, 0.717) is 11.3 Å². The topological polar surface area (TPSA) is 40.9 Å². The fraction of sp³-hybridized carbons (Fsp3) is 0.333. The van der Waals surface area contributed by atoms with Gasteiger partial charge < -0.3 is 4.79 Å². The van der Waals surface area contributed by atoms with Gasteiger partial charge in [-0.05, 0) is 25.5 Å². The second kappa shape index (κ2) is 4.03. The Morgan fingerprint density at radius 3 is 2.92 bits per heavy atom. The standard InChI is InChI=1S/C9H9NOS/c1-7(11)2-3-8-4-5-9(6-10)12-8/h4-5H,2-3H2,1H3. The van der Waals surface area contributed by atoms with Crippen molar-refractivity contribution in [2.45, 2.75) is 19.8 Å². The van der Waals surface area contributed by atoms with Crippen LogP contribution < -0.4 is 0 Å². The van der Waals surface area contributed by atoms with E-state index < -0.39 is 0 Å². The van der Waals surface area contributed by atoms with Gasteiger partial charge in [0.25, 0.3) is 0 Å². The fourth-order valence-electron chi connectivity index (χ4n) is 0.872. The summed E-state index contributed by atoms with van der Waals surface area (Å²) in [5, 5.41) is 8.52. The second-order valence-electron chi connectivity index (χ2n) is 2.58. The number of Topliss-reactive ketones (excluding diaryl/α,β-unsaturated/α-hetero) is 1. The number of nitriles is 1. The van der Waals surface area contributed by atoms with Gasteiger partial charge in [-0.1, -0.05) is 0 Å². The second-order valence-corrected chi connectivity index (χ2v) is 3.75. The van der Waals surface area contributed by atoms with Crippen molar-refractivity contribution in [3.05, 3.63) is 21.9 Å². The van der Waals surface area contributed by atoms with Gasteiger partial charge in [0.2, 0.25) is 0 Å². The summed E-state index contributed by atoms with van der Waals surface area (Å²) >= 11 is 1.46. The van der Waals surface area contributed by atoms with Gasteiger partial charge in [0.05, 0.1) is 0 Å². The number of rotatable bonds is 3. The molecule has 1 aromatic rings. The number of carbonyl (C=O) groups excluding carboxylic acids is 1. The number of carbonyl (C=O) groups is 1. The highest BCUT2D eigenvalue weighted by molar-refractivity contribution is 7.12. The first-order valence-corrected chi connectivity index (χ1v) is 4.52. The lowest BCUT2D eigenvalue weighted by molar-refractivity contribution is -0.116. The van der Waals surface area contributed by atoms with E-state index >= 15 is 0 Å². The van der Waals surface area contributed by atoms with Crippen molar-refractivity contribution in [1.29, 1.82) is 5.26 Å². The summed E-state index contributed by atoms with van der Waals surface area (Å²) in [5.41, 5.74) is 0. The SMILES string of the molecule is CC(=O)CCc1ccc(C#N)s1. The van der Waals surface area contributed by atoms with E-state index in [4.69, 9.17) is 5.26 Å². The van der Waals surface area contributed by atoms with Gasteiger partial charge in [0.1, 0.15) is 16.7 Å². The van der Waals surface area contributed by atoms with E-state index in [0.717, 1.165) is 11.3 Å². The molecule has 1 heterocycles. The van der Waals surface area contributed by atoms with Crippen LogP contribution in [0.2, 0.25) is 0 Å². The summed E-state index contributed by atoms with van der Waals surface area (Å²) in [7, 11) is 0. The summed E-state index contributed by atoms with van der Waals surface area (Å²) in [6.45, 7) is 1.58. The fourth-order valence-corrected chi connectivity index (χ4v) is 1.68. The lowest BCUT2D eigenvalue weighted by Crippen LogP contribution is -1.91. The average molecular weight is 179 g/mol. The molecule has 0 radical (unpaired) electrons. The van der Waals surface area contributed by atoms with E-state index in [1.165, 1.54) is 11.3 Å². The molecule has 0 N–H and O–H groups in total. The molecule has 0 aliphatic carbocycles. The summed E-state index contributed by atoms with van der Waals surface area (Å²) in [4.78, 5) is 12.5. The maximum atomic E-state index is 10.6. The molecule has 0 fully saturated rings. The molecular weight excluding hydrogens is 170 g/mol. The van der Waals surface area contributed by atoms with Crippen molar-refractivity contribution in [1.82, 2.24) is 0 Å². The molecule has 0 spiro atoms. The third kappa shape index (κ3) is 2.48. The zero-order chi connectivity index (χ0) is 8.97. The van der Waals surface area contributed by atoms with Gasteiger partial charge in [-0.3, -0.25) is 0 Å². The predicted octanol–water partition coefficient (Wildman–Crippen LogP) is 2.14. The molecule has 12 heavy (non-hydrogen) atoms. The summed E-state index contributed by atoms with van der Waals surface area (Å²) in [5.74, 6) is 0.196. The Balaban J connectivity index is 2.54. The third-order valence-electron chi connectivity index (χ3n) is 1.50. The molecule has 0 bridgehead atoms. The summed E-state index contributed by atoms with van der Waals surface area (Å²) in [6.07, 6.45) is 1.34. The Labute approximate surface area is 75.5 Å². The molecule has 0 aromatic carbocycles. The Kier molecular flexibility index (Phi) is 3.01. The molecule has 0 saturated heterocycles. The van der Waals surface area contributed by atoms with Gasteiger partial charge in [-0.2, -0.15) is 5.26 Å². The number of thiophene rings is 1. The number of hydrogen-bond acceptors (Lipinski definition) is 3. The van der Waals surface area contributed by atoms with Gasteiger partial charge in [0.15, 0.2) is 0 Å². The Hall–Kier alpha value is -1.14. The van der Waals surface area contributed by atoms with Crippen molar-refractivity contribution >= 4 is 17.1 Å². The van der Waals surface area contributed by atoms with Gasteiger partial charge >= 0.3 is 0 Å². The van der Waals surface area contributed by atoms with Crippen LogP contribution in [-0.2, 0) is 11.2 Å². The van der Waals surface area contributed by atoms with Crippen LogP contribution in [0, 0.1) is 11.3 Å². The molecule has 0 aliphatic heterocycles. The van der Waals surface area contributed by atoms with Crippen LogP contribution in [0.1, 0.15) is 23.1 Å². The van der Waals surface area contributed by atoms with Crippen LogP contribution >= 0.6 is 11.3 Å². The number of ketones is 1. The maximum absolute atomic E-state index is 10.6. The Morgan fingerprint density at radius 2 is 2.42 bits per heavy atom. The van der Waals surface area contributed by atoms with E-state index in [9.17, 15) is 4.79 Å². The molecule has 0 unspecified atom stereocenters. The number of aryl methyl sites for hydroxylation is 1. The van der Waals surface area contributed by atoms with E-state index in [1.54, 1.807) is 13.0 Å². The minimum absolute atomic E-state index is 0.196. The first-order chi connectivity index (χ1) is 5.72. The molecule has 0 amide bonds. The highest BCUT2D eigenvalue weighted by Gasteiger charge is 2.00. The lowest BCUT2D eigenvalue weighted by Gasteiger charge is -1.90. The number of hydrogen-bond donors (Lipinski definition) is 0. The quantitative estimate of drug-likeness (QED) is 0.713. The van der Waals surface area contributed by atoms with Crippen molar-refractivity contribution in [2.75, 3.05) is 0 Å². The molecular formula is C9H9NOS. The molecule has 0 aliphatic rings. The number of nitrogens with zero attached hydrogens (tertiary/aromatic N) is 1. The summed E-state index contributed by atoms with van der Waals surface area (Å²) in [6, 6.07) is 5.77. The molecule has 3 heteroatoms. The molecule has 1 rings (SSSR count). The highest BCUT2D eigenvalue weighted by atomic mass is 32.1. The molecule has 2 nitrogen and oxygen atoms in total. The summed E-state index contributed by atoms with van der Waals surface area (Å²) < 4.78 is 0. The Bertz CT molecular complexity index is 322. The van der Waals surface area contributed by atoms with Crippen molar-refractivity contribution in [2.24, 2.45) is 0 Å². The van der Waals surface area contributed by atoms with E-state index in [1.807, 2.05) is 6.07 Å².